The maximum absolute atomic E-state index is 12.6. The highest BCUT2D eigenvalue weighted by Crippen LogP contribution is 2.39. The van der Waals surface area contributed by atoms with Crippen LogP contribution in [0.15, 0.2) is 12.1 Å². The van der Waals surface area contributed by atoms with E-state index in [9.17, 15) is 18.0 Å². The Balaban J connectivity index is 2.30. The lowest BCUT2D eigenvalue weighted by Gasteiger charge is -2.42. The molecule has 21 heavy (non-hydrogen) atoms. The molecule has 1 aromatic rings. The number of methoxy groups -OCH3 is 2. The van der Waals surface area contributed by atoms with Crippen molar-refractivity contribution in [3.05, 3.63) is 23.3 Å². The normalized spacial score (nSPS) is 15.6. The Morgan fingerprint density at radius 3 is 2.38 bits per heavy atom. The maximum atomic E-state index is 12.6. The van der Waals surface area contributed by atoms with Gasteiger partial charge in [-0.1, -0.05) is 0 Å². The lowest BCUT2D eigenvalue weighted by atomic mass is 9.96. The molecule has 1 heterocycles. The molecule has 1 fully saturated rings. The molecule has 0 aromatic heterocycles. The molecule has 1 aliphatic heterocycles. The third-order valence-corrected chi connectivity index (χ3v) is 3.66. The first kappa shape index (κ1) is 15.5. The van der Waals surface area contributed by atoms with Crippen LogP contribution in [0.5, 0.6) is 5.75 Å². The summed E-state index contributed by atoms with van der Waals surface area (Å²) in [5.74, 6) is -1.43. The van der Waals surface area contributed by atoms with Crippen LogP contribution < -0.4 is 9.64 Å². The van der Waals surface area contributed by atoms with Gasteiger partial charge in [-0.05, 0) is 19.1 Å². The van der Waals surface area contributed by atoms with Crippen LogP contribution in [0.4, 0.5) is 18.9 Å². The molecule has 0 N–H and O–H groups in total. The van der Waals surface area contributed by atoms with Crippen LogP contribution >= 0.6 is 0 Å². The second-order valence-electron chi connectivity index (χ2n) is 4.96. The number of ether oxygens (including phenoxy) is 2. The van der Waals surface area contributed by atoms with E-state index in [2.05, 4.69) is 4.74 Å². The molecule has 1 aromatic carbocycles. The first-order valence-electron chi connectivity index (χ1n) is 6.36. The minimum atomic E-state index is -4.19. The highest BCUT2D eigenvalue weighted by molar-refractivity contribution is 5.91. The molecule has 116 valence electrons. The Bertz CT molecular complexity index is 551. The fraction of sp³-hybridized carbons (Fsp3) is 0.500. The number of nitrogens with zero attached hydrogens (tertiary/aromatic N) is 1. The van der Waals surface area contributed by atoms with Gasteiger partial charge in [-0.3, -0.25) is 0 Å². The summed E-state index contributed by atoms with van der Waals surface area (Å²) in [5.41, 5.74) is 1.52. The van der Waals surface area contributed by atoms with Crippen LogP contribution in [0, 0.1) is 12.8 Å². The van der Waals surface area contributed by atoms with E-state index in [0.717, 1.165) is 0 Å². The number of hydrogen-bond donors (Lipinski definition) is 0. The number of hydrogen-bond acceptors (Lipinski definition) is 4. The van der Waals surface area contributed by atoms with E-state index in [1.807, 2.05) is 0 Å². The van der Waals surface area contributed by atoms with Gasteiger partial charge >= 0.3 is 12.1 Å². The number of anilines is 1. The summed E-state index contributed by atoms with van der Waals surface area (Å²) < 4.78 is 47.5. The van der Waals surface area contributed by atoms with E-state index >= 15 is 0 Å². The first-order chi connectivity index (χ1) is 9.77. The quantitative estimate of drug-likeness (QED) is 0.805. The lowest BCUT2D eigenvalue weighted by molar-refractivity contribution is -0.180. The number of benzene rings is 1. The smallest absolute Gasteiger partial charge is 0.395 e. The van der Waals surface area contributed by atoms with Gasteiger partial charge in [-0.2, -0.15) is 13.2 Å². The van der Waals surface area contributed by atoms with Crippen molar-refractivity contribution >= 4 is 11.7 Å². The zero-order valence-corrected chi connectivity index (χ0v) is 12.0. The Morgan fingerprint density at radius 1 is 1.29 bits per heavy atom. The predicted molar refractivity (Wildman–Crippen MR) is 70.8 cm³/mol. The van der Waals surface area contributed by atoms with Crippen molar-refractivity contribution in [3.63, 3.8) is 0 Å². The van der Waals surface area contributed by atoms with E-state index < -0.39 is 18.1 Å². The summed E-state index contributed by atoms with van der Waals surface area (Å²) in [4.78, 5) is 13.2. The van der Waals surface area contributed by atoms with Crippen molar-refractivity contribution in [1.82, 2.24) is 0 Å². The number of carbonyl (C=O) groups is 1. The largest absolute Gasteiger partial charge is 0.496 e. The molecule has 0 unspecified atom stereocenters. The van der Waals surface area contributed by atoms with Gasteiger partial charge in [0.1, 0.15) is 5.75 Å². The molecular weight excluding hydrogens is 287 g/mol. The summed E-state index contributed by atoms with van der Waals surface area (Å²) in [6.07, 6.45) is -4.19. The van der Waals surface area contributed by atoms with Crippen molar-refractivity contribution in [2.75, 3.05) is 32.2 Å². The first-order valence-corrected chi connectivity index (χ1v) is 6.36. The topological polar surface area (TPSA) is 38.8 Å². The average Bonchev–Trinajstić information content (AvgIpc) is 2.36. The molecule has 0 aliphatic carbocycles. The van der Waals surface area contributed by atoms with E-state index in [1.54, 1.807) is 11.8 Å². The van der Waals surface area contributed by atoms with Crippen LogP contribution in [0.3, 0.4) is 0 Å². The predicted octanol–water partition coefficient (Wildman–Crippen LogP) is 2.79. The molecule has 0 saturated carbocycles. The Hall–Kier alpha value is -1.92. The fourth-order valence-electron chi connectivity index (χ4n) is 2.33. The minimum absolute atomic E-state index is 0.113. The summed E-state index contributed by atoms with van der Waals surface area (Å²) in [5, 5.41) is 0. The third-order valence-electron chi connectivity index (χ3n) is 3.66. The molecule has 0 spiro atoms. The second-order valence-corrected chi connectivity index (χ2v) is 4.96. The molecule has 1 aliphatic rings. The molecular formula is C14H16F3NO3. The van der Waals surface area contributed by atoms with Gasteiger partial charge in [0.05, 0.1) is 25.7 Å². The Kier molecular flexibility index (Phi) is 4.02. The van der Waals surface area contributed by atoms with Gasteiger partial charge in [0.25, 0.3) is 0 Å². The lowest BCUT2D eigenvalue weighted by Crippen LogP contribution is -2.53. The van der Waals surface area contributed by atoms with Gasteiger partial charge in [-0.15, -0.1) is 0 Å². The van der Waals surface area contributed by atoms with Crippen molar-refractivity contribution in [2.45, 2.75) is 13.1 Å². The van der Waals surface area contributed by atoms with E-state index in [1.165, 1.54) is 26.4 Å². The molecule has 0 atom stereocenters. The highest BCUT2D eigenvalue weighted by atomic mass is 19.4. The highest BCUT2D eigenvalue weighted by Gasteiger charge is 2.47. The van der Waals surface area contributed by atoms with Gasteiger partial charge < -0.3 is 14.4 Å². The molecule has 1 saturated heterocycles. The molecule has 7 heteroatoms. The SMILES string of the molecule is COC(=O)c1cc(OC)c(C)c(N2CC(C(F)(F)F)C2)c1. The maximum Gasteiger partial charge on any atom is 0.395 e. The minimum Gasteiger partial charge on any atom is -0.496 e. The van der Waals surface area contributed by atoms with Crippen molar-refractivity contribution in [1.29, 1.82) is 0 Å². The number of carbonyl (C=O) groups excluding carboxylic acids is 1. The van der Waals surface area contributed by atoms with Crippen LogP contribution in [0.1, 0.15) is 15.9 Å². The van der Waals surface area contributed by atoms with E-state index in [0.29, 0.717) is 17.0 Å². The van der Waals surface area contributed by atoms with Gasteiger partial charge in [0.15, 0.2) is 0 Å². The number of halogens is 3. The van der Waals surface area contributed by atoms with Crippen molar-refractivity contribution in [3.8, 4) is 5.75 Å². The standard InChI is InChI=1S/C14H16F3NO3/c1-8-11(18-6-10(7-18)14(15,16)17)4-9(13(19)21-3)5-12(8)20-2/h4-5,10H,6-7H2,1-3H3. The molecule has 4 nitrogen and oxygen atoms in total. The van der Waals surface area contributed by atoms with Crippen LogP contribution in [-0.2, 0) is 4.74 Å². The molecule has 0 amide bonds. The van der Waals surface area contributed by atoms with Gasteiger partial charge in [-0.25, -0.2) is 4.79 Å². The summed E-state index contributed by atoms with van der Waals surface area (Å²) in [6.45, 7) is 1.52. The summed E-state index contributed by atoms with van der Waals surface area (Å²) in [7, 11) is 2.69. The van der Waals surface area contributed by atoms with Crippen LogP contribution in [-0.4, -0.2) is 39.5 Å². The van der Waals surface area contributed by atoms with E-state index in [4.69, 9.17) is 4.74 Å². The third kappa shape index (κ3) is 2.91. The number of esters is 1. The summed E-state index contributed by atoms with van der Waals surface area (Å²) in [6, 6.07) is 3.06. The Morgan fingerprint density at radius 2 is 1.90 bits per heavy atom. The Labute approximate surface area is 120 Å². The monoisotopic (exact) mass is 303 g/mol. The van der Waals surface area contributed by atoms with Gasteiger partial charge in [0.2, 0.25) is 0 Å². The zero-order valence-electron chi connectivity index (χ0n) is 12.0. The number of rotatable bonds is 3. The van der Waals surface area contributed by atoms with Gasteiger partial charge in [0, 0.05) is 24.3 Å². The molecule has 0 radical (unpaired) electrons. The average molecular weight is 303 g/mol. The number of alkyl halides is 3. The summed E-state index contributed by atoms with van der Waals surface area (Å²) >= 11 is 0. The zero-order chi connectivity index (χ0) is 15.8. The fourth-order valence-corrected chi connectivity index (χ4v) is 2.33. The molecule has 0 bridgehead atoms. The van der Waals surface area contributed by atoms with E-state index in [-0.39, 0.29) is 18.7 Å². The second kappa shape index (κ2) is 5.46. The molecule has 2 rings (SSSR count). The van der Waals surface area contributed by atoms with Crippen molar-refractivity contribution in [2.24, 2.45) is 5.92 Å². The van der Waals surface area contributed by atoms with Crippen molar-refractivity contribution < 1.29 is 27.4 Å². The van der Waals surface area contributed by atoms with Crippen LogP contribution in [0.25, 0.3) is 0 Å². The van der Waals surface area contributed by atoms with Crippen LogP contribution in [0.2, 0.25) is 0 Å².